The molecule has 3 fully saturated rings. The van der Waals surface area contributed by atoms with Crippen LogP contribution in [0.5, 0.6) is 0 Å². The molecule has 1 saturated heterocycles. The van der Waals surface area contributed by atoms with E-state index in [9.17, 15) is 4.79 Å². The van der Waals surface area contributed by atoms with Gasteiger partial charge in [-0.3, -0.25) is 4.79 Å². The molecule has 1 amide bonds. The fraction of sp³-hybridized carbons (Fsp3) is 0.778. The van der Waals surface area contributed by atoms with Crippen molar-refractivity contribution >= 4 is 17.7 Å². The summed E-state index contributed by atoms with van der Waals surface area (Å²) in [5, 5.41) is 7.23. The minimum atomic E-state index is -0.0627. The first-order valence-corrected chi connectivity index (χ1v) is 10.6. The Morgan fingerprint density at radius 2 is 2.21 bits per heavy atom. The highest BCUT2D eigenvalue weighted by Gasteiger charge is 2.43. The number of hydrogen-bond acceptors (Lipinski definition) is 5. The van der Waals surface area contributed by atoms with Crippen molar-refractivity contribution in [2.24, 2.45) is 11.8 Å². The zero-order chi connectivity index (χ0) is 16.5. The summed E-state index contributed by atoms with van der Waals surface area (Å²) in [5.41, 5.74) is 0.451. The Kier molecular flexibility index (Phi) is 4.86. The third-order valence-corrected chi connectivity index (χ3v) is 6.25. The van der Waals surface area contributed by atoms with Gasteiger partial charge >= 0.3 is 0 Å². The van der Waals surface area contributed by atoms with Crippen molar-refractivity contribution in [2.75, 3.05) is 31.6 Å². The van der Waals surface area contributed by atoms with Gasteiger partial charge in [-0.1, -0.05) is 5.16 Å². The lowest BCUT2D eigenvalue weighted by atomic mass is 9.98. The minimum Gasteiger partial charge on any atom is -0.360 e. The minimum absolute atomic E-state index is 0.0627. The average Bonchev–Trinajstić information content (AvgIpc) is 3.51. The summed E-state index contributed by atoms with van der Waals surface area (Å²) in [6.07, 6.45) is 8.36. The first kappa shape index (κ1) is 16.5. The summed E-state index contributed by atoms with van der Waals surface area (Å²) in [4.78, 5) is 15.1. The Bertz CT molecular complexity index is 583. The fourth-order valence-corrected chi connectivity index (χ4v) is 4.30. The van der Waals surface area contributed by atoms with E-state index in [4.69, 9.17) is 4.52 Å². The van der Waals surface area contributed by atoms with E-state index in [1.54, 1.807) is 0 Å². The Morgan fingerprint density at radius 3 is 2.92 bits per heavy atom. The molecule has 2 heterocycles. The number of rotatable bonds is 8. The van der Waals surface area contributed by atoms with Crippen LogP contribution in [0.3, 0.4) is 0 Å². The van der Waals surface area contributed by atoms with Crippen molar-refractivity contribution in [2.45, 2.75) is 44.1 Å². The summed E-state index contributed by atoms with van der Waals surface area (Å²) in [7, 11) is 0. The largest absolute Gasteiger partial charge is 0.360 e. The van der Waals surface area contributed by atoms with E-state index in [0.717, 1.165) is 44.2 Å². The van der Waals surface area contributed by atoms with Gasteiger partial charge in [-0.05, 0) is 62.5 Å². The van der Waals surface area contributed by atoms with E-state index in [2.05, 4.69) is 21.6 Å². The molecule has 6 heteroatoms. The molecule has 132 valence electrons. The molecule has 24 heavy (non-hydrogen) atoms. The molecule has 1 aliphatic heterocycles. The predicted molar refractivity (Wildman–Crippen MR) is 95.4 cm³/mol. The molecule has 2 saturated carbocycles. The van der Waals surface area contributed by atoms with E-state index in [1.165, 1.54) is 25.0 Å². The van der Waals surface area contributed by atoms with Crippen LogP contribution in [0.1, 0.15) is 54.3 Å². The average molecular weight is 350 g/mol. The Labute approximate surface area is 147 Å². The molecular formula is C18H27N3O2S. The SMILES string of the molecule is CSCCCN1CC(NC(=O)c2cc(C3CC3)on2)C(C2CC2)C1. The van der Waals surface area contributed by atoms with Crippen LogP contribution in [0, 0.1) is 11.8 Å². The number of thioether (sulfide) groups is 1. The predicted octanol–water partition coefficient (Wildman–Crippen LogP) is 2.75. The van der Waals surface area contributed by atoms with Crippen molar-refractivity contribution in [3.63, 3.8) is 0 Å². The lowest BCUT2D eigenvalue weighted by molar-refractivity contribution is 0.0918. The number of likely N-dealkylation sites (tertiary alicyclic amines) is 1. The standard InChI is InChI=1S/C18H27N3O2S/c1-24-8-2-7-21-10-14(12-3-4-12)16(11-21)19-18(22)15-9-17(23-20-15)13-5-6-13/h9,12-14,16H,2-8,10-11H2,1H3,(H,19,22). The van der Waals surface area contributed by atoms with E-state index in [0.29, 0.717) is 17.5 Å². The highest BCUT2D eigenvalue weighted by atomic mass is 32.2. The second-order valence-electron chi connectivity index (χ2n) is 7.58. The molecule has 0 aromatic carbocycles. The Hall–Kier alpha value is -1.01. The van der Waals surface area contributed by atoms with Crippen LogP contribution in [0.15, 0.2) is 10.6 Å². The summed E-state index contributed by atoms with van der Waals surface area (Å²) < 4.78 is 5.32. The van der Waals surface area contributed by atoms with Gasteiger partial charge in [0, 0.05) is 31.1 Å². The van der Waals surface area contributed by atoms with Crippen molar-refractivity contribution in [1.82, 2.24) is 15.4 Å². The van der Waals surface area contributed by atoms with Gasteiger partial charge in [0.25, 0.3) is 5.91 Å². The van der Waals surface area contributed by atoms with Crippen molar-refractivity contribution in [1.29, 1.82) is 0 Å². The van der Waals surface area contributed by atoms with Crippen LogP contribution in [0.2, 0.25) is 0 Å². The van der Waals surface area contributed by atoms with E-state index in [-0.39, 0.29) is 11.9 Å². The molecule has 3 aliphatic rings. The van der Waals surface area contributed by atoms with E-state index in [1.807, 2.05) is 17.8 Å². The molecule has 0 spiro atoms. The summed E-state index contributed by atoms with van der Waals surface area (Å²) >= 11 is 1.91. The van der Waals surface area contributed by atoms with E-state index >= 15 is 0 Å². The van der Waals surface area contributed by atoms with Gasteiger partial charge in [-0.25, -0.2) is 0 Å². The highest BCUT2D eigenvalue weighted by molar-refractivity contribution is 7.98. The van der Waals surface area contributed by atoms with Crippen LogP contribution < -0.4 is 5.32 Å². The molecule has 1 N–H and O–H groups in total. The monoisotopic (exact) mass is 349 g/mol. The van der Waals surface area contributed by atoms with Gasteiger partial charge in [-0.15, -0.1) is 0 Å². The maximum Gasteiger partial charge on any atom is 0.273 e. The first-order chi connectivity index (χ1) is 11.7. The lowest BCUT2D eigenvalue weighted by Crippen LogP contribution is -2.41. The molecule has 2 atom stereocenters. The number of amides is 1. The van der Waals surface area contributed by atoms with Gasteiger partial charge < -0.3 is 14.7 Å². The smallest absolute Gasteiger partial charge is 0.273 e. The molecule has 0 radical (unpaired) electrons. The number of carbonyl (C=O) groups is 1. The molecule has 4 rings (SSSR count). The number of carbonyl (C=O) groups excluding carboxylic acids is 1. The van der Waals surface area contributed by atoms with Gasteiger partial charge in [0.2, 0.25) is 0 Å². The van der Waals surface area contributed by atoms with Crippen LogP contribution in [0.25, 0.3) is 0 Å². The summed E-state index contributed by atoms with van der Waals surface area (Å²) in [5.74, 6) is 3.94. The third-order valence-electron chi connectivity index (χ3n) is 5.55. The second-order valence-corrected chi connectivity index (χ2v) is 8.56. The quantitative estimate of drug-likeness (QED) is 0.731. The van der Waals surface area contributed by atoms with Crippen LogP contribution >= 0.6 is 11.8 Å². The maximum atomic E-state index is 12.6. The molecule has 1 aromatic heterocycles. The van der Waals surface area contributed by atoms with Gasteiger partial charge in [0.1, 0.15) is 5.76 Å². The molecule has 1 aromatic rings. The normalized spacial score (nSPS) is 27.5. The van der Waals surface area contributed by atoms with Crippen LogP contribution in [-0.2, 0) is 0 Å². The lowest BCUT2D eigenvalue weighted by Gasteiger charge is -2.18. The van der Waals surface area contributed by atoms with Crippen molar-refractivity contribution < 1.29 is 9.32 Å². The number of hydrogen-bond donors (Lipinski definition) is 1. The maximum absolute atomic E-state index is 12.6. The summed E-state index contributed by atoms with van der Waals surface area (Å²) in [6.45, 7) is 3.26. The fourth-order valence-electron chi connectivity index (χ4n) is 3.88. The van der Waals surface area contributed by atoms with Crippen molar-refractivity contribution in [3.05, 3.63) is 17.5 Å². The second kappa shape index (κ2) is 7.08. The molecule has 5 nitrogen and oxygen atoms in total. The number of aromatic nitrogens is 1. The number of nitrogens with zero attached hydrogens (tertiary/aromatic N) is 2. The molecule has 0 bridgehead atoms. The highest BCUT2D eigenvalue weighted by Crippen LogP contribution is 2.42. The van der Waals surface area contributed by atoms with Crippen LogP contribution in [0.4, 0.5) is 0 Å². The molecule has 2 unspecified atom stereocenters. The van der Waals surface area contributed by atoms with E-state index < -0.39 is 0 Å². The zero-order valence-electron chi connectivity index (χ0n) is 14.4. The molecule has 2 aliphatic carbocycles. The Morgan fingerprint density at radius 1 is 1.38 bits per heavy atom. The molecular weight excluding hydrogens is 322 g/mol. The topological polar surface area (TPSA) is 58.4 Å². The van der Waals surface area contributed by atoms with Gasteiger partial charge in [0.05, 0.1) is 0 Å². The number of nitrogens with one attached hydrogen (secondary N) is 1. The van der Waals surface area contributed by atoms with Gasteiger partial charge in [-0.2, -0.15) is 11.8 Å². The summed E-state index contributed by atoms with van der Waals surface area (Å²) in [6, 6.07) is 2.10. The van der Waals surface area contributed by atoms with Crippen molar-refractivity contribution in [3.8, 4) is 0 Å². The first-order valence-electron chi connectivity index (χ1n) is 9.23. The third kappa shape index (κ3) is 3.80. The van der Waals surface area contributed by atoms with Crippen LogP contribution in [-0.4, -0.2) is 53.6 Å². The van der Waals surface area contributed by atoms with Gasteiger partial charge in [0.15, 0.2) is 5.69 Å². The Balaban J connectivity index is 1.35. The zero-order valence-corrected chi connectivity index (χ0v) is 15.2.